The second-order valence-corrected chi connectivity index (χ2v) is 26.4. The lowest BCUT2D eigenvalue weighted by atomic mass is 9.94. The van der Waals surface area contributed by atoms with Gasteiger partial charge in [-0.15, -0.1) is 0 Å². The molecular formula is C32H51N3O47S7. The summed E-state index contributed by atoms with van der Waals surface area (Å²) in [6.07, 6.45) is -61.3. The van der Waals surface area contributed by atoms with Crippen molar-refractivity contribution in [2.75, 3.05) is 26.9 Å². The number of fused-ring (bicyclic) bond motifs is 1. The lowest BCUT2D eigenvalue weighted by Crippen LogP contribution is -2.71. The fourth-order valence-electron chi connectivity index (χ4n) is 9.26. The van der Waals surface area contributed by atoms with Crippen molar-refractivity contribution in [3.63, 3.8) is 0 Å². The first-order valence-corrected chi connectivity index (χ1v) is 33.2. The first-order chi connectivity index (χ1) is 40.5. The number of ether oxygens (including phenoxy) is 11. The SMILES string of the molecule is CO[C@H]1O[C@H](COS(=O)(=O)O)[C@@H](O[C@@H]2O[C@@H](C(=O)O)[C@@H](O[C@H]3O[C@H](COS(=O)(=O)O)[C@@H](O[C@@H]4O[C@H](C(=O)O)[C@@H](O[C@H]5O[C@H](COS(=O)(=O)O)[C@@H](O)[C@@H]6OC(=O)N[C@@H]56)[C@H](O)[C@H]4O)[C@H](OS(=O)(=O)O)[C@H]3NS(=O)(=O)O)[C@H](O)[C@H]2OS(=O)(=O)O)[C@H](O)[C@H]1NS(=O)(=O)O. The molecule has 6 rings (SSSR count). The Morgan fingerprint density at radius 3 is 1.35 bits per heavy atom. The molecule has 0 aromatic heterocycles. The molecule has 518 valence electrons. The van der Waals surface area contributed by atoms with Crippen molar-refractivity contribution >= 4 is 90.6 Å². The van der Waals surface area contributed by atoms with E-state index in [4.69, 9.17) is 56.7 Å². The summed E-state index contributed by atoms with van der Waals surface area (Å²) in [6.45, 7) is -4.76. The van der Waals surface area contributed by atoms with Crippen LogP contribution in [0.25, 0.3) is 0 Å². The summed E-state index contributed by atoms with van der Waals surface area (Å²) in [4.78, 5) is 38.0. The first kappa shape index (κ1) is 74.7. The lowest BCUT2D eigenvalue weighted by molar-refractivity contribution is -0.372. The summed E-state index contributed by atoms with van der Waals surface area (Å²) in [5, 5.41) is 79.4. The largest absolute Gasteiger partial charge is 0.479 e. The molecule has 6 aliphatic rings. The van der Waals surface area contributed by atoms with Crippen molar-refractivity contribution < 1.29 is 214 Å². The predicted molar refractivity (Wildman–Crippen MR) is 255 cm³/mol. The maximum atomic E-state index is 13.0. The molecule has 6 aliphatic heterocycles. The minimum atomic E-state index is -6.30. The number of carbonyl (C=O) groups excluding carboxylic acids is 1. The average molecular weight is 1450 g/mol. The Hall–Kier alpha value is -3.30. The van der Waals surface area contributed by atoms with Gasteiger partial charge in [-0.25, -0.2) is 35.3 Å². The molecule has 0 spiro atoms. The fourth-order valence-corrected chi connectivity index (χ4v) is 12.4. The number of rotatable bonds is 28. The molecule has 0 aromatic carbocycles. The van der Waals surface area contributed by atoms with Crippen LogP contribution in [0.3, 0.4) is 0 Å². The van der Waals surface area contributed by atoms with Crippen molar-refractivity contribution in [1.29, 1.82) is 0 Å². The third kappa shape index (κ3) is 20.4. The Morgan fingerprint density at radius 1 is 0.449 bits per heavy atom. The van der Waals surface area contributed by atoms with Gasteiger partial charge in [0.25, 0.3) is 0 Å². The van der Waals surface area contributed by atoms with Crippen molar-refractivity contribution in [2.45, 2.75) is 153 Å². The average Bonchev–Trinajstić information content (AvgIpc) is 1.36. The van der Waals surface area contributed by atoms with Gasteiger partial charge in [-0.1, -0.05) is 0 Å². The Balaban J connectivity index is 1.39. The van der Waals surface area contributed by atoms with Crippen molar-refractivity contribution in [1.82, 2.24) is 14.8 Å². The number of carboxylic acid groups (broad SMARTS) is 2. The topological polar surface area (TPSA) is 757 Å². The van der Waals surface area contributed by atoms with Crippen LogP contribution in [0.4, 0.5) is 4.79 Å². The van der Waals surface area contributed by atoms with E-state index in [0.29, 0.717) is 0 Å². The molecule has 0 aromatic rings. The number of alkyl carbamates (subject to hydrolysis) is 1. The second-order valence-electron chi connectivity index (χ2n) is 18.6. The van der Waals surface area contributed by atoms with E-state index < -0.39 is 264 Å². The van der Waals surface area contributed by atoms with Gasteiger partial charge in [0.05, 0.1) is 19.8 Å². The number of nitrogens with one attached hydrogen (secondary N) is 3. The van der Waals surface area contributed by atoms with Gasteiger partial charge in [0, 0.05) is 7.11 Å². The maximum Gasteiger partial charge on any atom is 0.408 e. The van der Waals surface area contributed by atoms with E-state index in [2.05, 4.69) is 26.2 Å². The summed E-state index contributed by atoms with van der Waals surface area (Å²) >= 11 is 0. The lowest BCUT2D eigenvalue weighted by Gasteiger charge is -2.50. The highest BCUT2D eigenvalue weighted by atomic mass is 32.3. The number of aliphatic hydroxyl groups is 5. The Labute approximate surface area is 497 Å². The maximum absolute atomic E-state index is 13.0. The molecule has 25 atom stereocenters. The van der Waals surface area contributed by atoms with Gasteiger partial charge >= 0.3 is 90.6 Å². The Kier molecular flexibility index (Phi) is 23.8. The molecule has 6 saturated heterocycles. The molecule has 57 heteroatoms. The zero-order valence-corrected chi connectivity index (χ0v) is 48.9. The molecule has 1 amide bonds. The highest BCUT2D eigenvalue weighted by Crippen LogP contribution is 2.39. The molecular weight excluding hydrogens is 1400 g/mol. The standard InChI is InChI=1S/C32H51N3O47S7/c1-67-27-8(34-83(46,47)48)12(37)16(6(72-27)3-69-86(55,56)57)74-31-22(82-89(64,65)66)15(40)21(24(79-31)26(43)44)77-29-10(35-84(49,50)51)19(81-88(61,62)63)17(7(73-29)4-70-87(58,59)60)75-30-14(39)13(38)20(23(78-30)25(41)42)76-28-9-18(80-32(45)33-9)11(36)5(71-28)2-68-85(52,53)54/h5-24,27-31,34-40H,2-4H2,1H3,(H,33,45)(H,41,42)(H,43,44)(H,46,47,48)(H,49,50,51)(H,52,53,54)(H,55,56,57)(H,58,59,60)(H,61,62,63)(H,64,65,66)/t5-,6-,7-,8-,9-,10-,11-,12-,13-,14-,15+,16-,17-,18-,19-,20+,21+,22-,23+,24-,27+,28-,29-,30-,31-/m1/s1. The molecule has 89 heavy (non-hydrogen) atoms. The molecule has 6 heterocycles. The highest BCUT2D eigenvalue weighted by molar-refractivity contribution is 7.84. The molecule has 50 nitrogen and oxygen atoms in total. The van der Waals surface area contributed by atoms with Crippen LogP contribution < -0.4 is 14.8 Å². The Bertz CT molecular complexity index is 3360. The van der Waals surface area contributed by atoms with Crippen molar-refractivity contribution in [3.8, 4) is 0 Å². The van der Waals surface area contributed by atoms with E-state index in [1.807, 2.05) is 0 Å². The third-order valence-electron chi connectivity index (χ3n) is 12.6. The number of hydrogen-bond acceptors (Lipinski definition) is 38. The number of hydrogen-bond donors (Lipinski definition) is 17. The first-order valence-electron chi connectivity index (χ1n) is 23.5. The normalized spacial score (nSPS) is 39.5. The van der Waals surface area contributed by atoms with Gasteiger partial charge in [-0.3, -0.25) is 31.9 Å². The van der Waals surface area contributed by atoms with Gasteiger partial charge < -0.3 is 93.2 Å². The van der Waals surface area contributed by atoms with E-state index in [9.17, 15) is 136 Å². The zero-order chi connectivity index (χ0) is 67.2. The smallest absolute Gasteiger partial charge is 0.408 e. The van der Waals surface area contributed by atoms with E-state index in [-0.39, 0.29) is 0 Å². The molecule has 0 unspecified atom stereocenters. The van der Waals surface area contributed by atoms with Gasteiger partial charge in [0.1, 0.15) is 97.5 Å². The zero-order valence-electron chi connectivity index (χ0n) is 43.1. The van der Waals surface area contributed by atoms with Crippen LogP contribution in [0.1, 0.15) is 0 Å². The van der Waals surface area contributed by atoms with Gasteiger partial charge in [-0.05, 0) is 0 Å². The predicted octanol–water partition coefficient (Wildman–Crippen LogP) is -12.4. The Morgan fingerprint density at radius 2 is 0.865 bits per heavy atom. The summed E-state index contributed by atoms with van der Waals surface area (Å²) in [5.74, 6) is -4.73. The number of carboxylic acids is 2. The van der Waals surface area contributed by atoms with E-state index >= 15 is 0 Å². The quantitative estimate of drug-likeness (QED) is 0.0324. The number of carbonyl (C=O) groups is 3. The minimum Gasteiger partial charge on any atom is -0.479 e. The monoisotopic (exact) mass is 1450 g/mol. The van der Waals surface area contributed by atoms with Crippen LogP contribution in [0.2, 0.25) is 0 Å². The summed E-state index contributed by atoms with van der Waals surface area (Å²) in [6, 6.07) is -7.25. The highest BCUT2D eigenvalue weighted by Gasteiger charge is 2.62. The van der Waals surface area contributed by atoms with E-state index in [1.165, 1.54) is 4.72 Å². The number of aliphatic hydroxyl groups excluding tert-OH is 5. The van der Waals surface area contributed by atoms with Crippen LogP contribution in [-0.2, 0) is 155 Å². The van der Waals surface area contributed by atoms with Crippen molar-refractivity contribution in [3.05, 3.63) is 0 Å². The van der Waals surface area contributed by atoms with Crippen LogP contribution in [-0.4, -0.2) is 325 Å². The summed E-state index contributed by atoms with van der Waals surface area (Å²) in [5.41, 5.74) is 0. The molecule has 6 fully saturated rings. The molecule has 0 aliphatic carbocycles. The van der Waals surface area contributed by atoms with Crippen molar-refractivity contribution in [2.24, 2.45) is 0 Å². The van der Waals surface area contributed by atoms with Crippen LogP contribution in [0.15, 0.2) is 0 Å². The second kappa shape index (κ2) is 28.3. The number of methoxy groups -OCH3 is 1. The molecule has 0 bridgehead atoms. The van der Waals surface area contributed by atoms with Crippen LogP contribution in [0.5, 0.6) is 0 Å². The molecule has 0 saturated carbocycles. The van der Waals surface area contributed by atoms with Gasteiger partial charge in [0.2, 0.25) is 0 Å². The summed E-state index contributed by atoms with van der Waals surface area (Å²) in [7, 11) is -39.9. The van der Waals surface area contributed by atoms with Crippen LogP contribution >= 0.6 is 0 Å². The number of aliphatic carboxylic acids is 2. The van der Waals surface area contributed by atoms with Crippen LogP contribution in [0, 0.1) is 0 Å². The fraction of sp³-hybridized carbons (Fsp3) is 0.906. The minimum absolute atomic E-state index is 0.750. The molecule has 17 N–H and O–H groups in total. The summed E-state index contributed by atoms with van der Waals surface area (Å²) < 4.78 is 318. The van der Waals surface area contributed by atoms with E-state index in [0.717, 1.165) is 11.8 Å². The number of amides is 1. The van der Waals surface area contributed by atoms with Gasteiger partial charge in [-0.2, -0.15) is 68.4 Å². The third-order valence-corrected chi connectivity index (χ3v) is 16.0. The van der Waals surface area contributed by atoms with Gasteiger partial charge in [0.15, 0.2) is 55.9 Å². The molecule has 0 radical (unpaired) electrons. The van der Waals surface area contributed by atoms with E-state index in [1.54, 1.807) is 0 Å².